The van der Waals surface area contributed by atoms with Gasteiger partial charge in [0.1, 0.15) is 6.61 Å². The number of hydrogen-bond donors (Lipinski definition) is 2. The lowest BCUT2D eigenvalue weighted by atomic mass is 10.0. The fourth-order valence-corrected chi connectivity index (χ4v) is 10.2. The van der Waals surface area contributed by atoms with Crippen LogP contribution in [0.25, 0.3) is 0 Å². The molecule has 0 aromatic rings. The minimum absolute atomic E-state index is 0.0528. The third kappa shape index (κ3) is 57.8. The van der Waals surface area contributed by atoms with Crippen molar-refractivity contribution in [2.45, 2.75) is 335 Å². The summed E-state index contributed by atoms with van der Waals surface area (Å²) in [5.74, 6) is -0.829. The van der Waals surface area contributed by atoms with Gasteiger partial charge in [-0.25, -0.2) is 4.57 Å². The van der Waals surface area contributed by atoms with Crippen molar-refractivity contribution in [2.24, 2.45) is 5.73 Å². The second kappa shape index (κ2) is 58.7. The number of rotatable bonds is 60. The van der Waals surface area contributed by atoms with E-state index in [2.05, 4.69) is 38.2 Å². The lowest BCUT2D eigenvalue weighted by Crippen LogP contribution is -2.29. The van der Waals surface area contributed by atoms with Gasteiger partial charge in [-0.1, -0.05) is 301 Å². The molecule has 0 saturated heterocycles. The van der Waals surface area contributed by atoms with Crippen LogP contribution in [0, 0.1) is 0 Å². The maximum Gasteiger partial charge on any atom is 0.472 e. The van der Waals surface area contributed by atoms with Gasteiger partial charge < -0.3 is 20.1 Å². The van der Waals surface area contributed by atoms with Crippen molar-refractivity contribution in [1.29, 1.82) is 0 Å². The Labute approximate surface area is 446 Å². The smallest absolute Gasteiger partial charge is 0.462 e. The molecule has 2 unspecified atom stereocenters. The monoisotopic (exact) mass is 1040 g/mol. The van der Waals surface area contributed by atoms with Gasteiger partial charge in [-0.05, 0) is 38.5 Å². The minimum Gasteiger partial charge on any atom is -0.462 e. The summed E-state index contributed by atoms with van der Waals surface area (Å²) in [5, 5.41) is 0. The second-order valence-corrected chi connectivity index (χ2v) is 22.7. The molecule has 0 radical (unpaired) electrons. The number of phosphoric ester groups is 1. The van der Waals surface area contributed by atoms with E-state index in [0.717, 1.165) is 64.2 Å². The molecule has 0 saturated carbocycles. The Morgan fingerprint density at radius 3 is 1.10 bits per heavy atom. The fourth-order valence-electron chi connectivity index (χ4n) is 9.42. The van der Waals surface area contributed by atoms with Gasteiger partial charge in [-0.2, -0.15) is 0 Å². The first kappa shape index (κ1) is 70.5. The first-order valence-corrected chi connectivity index (χ1v) is 32.8. The van der Waals surface area contributed by atoms with Crippen LogP contribution in [0.4, 0.5) is 0 Å². The van der Waals surface area contributed by atoms with E-state index in [0.29, 0.717) is 6.42 Å². The number of esters is 2. The quantitative estimate of drug-likeness (QED) is 0.0264. The molecule has 0 aromatic carbocycles. The maximum absolute atomic E-state index is 12.6. The molecule has 0 aliphatic rings. The minimum atomic E-state index is -4.39. The van der Waals surface area contributed by atoms with E-state index in [4.69, 9.17) is 24.3 Å². The fraction of sp³-hybridized carbons (Fsp3) is 0.903. The van der Waals surface area contributed by atoms with Crippen LogP contribution >= 0.6 is 7.82 Å². The van der Waals surface area contributed by atoms with Gasteiger partial charge in [0, 0.05) is 19.4 Å². The van der Waals surface area contributed by atoms with Crippen LogP contribution in [0.1, 0.15) is 328 Å². The maximum atomic E-state index is 12.6. The molecule has 2 atom stereocenters. The number of carbonyl (C=O) groups excluding carboxylic acids is 2. The van der Waals surface area contributed by atoms with E-state index in [1.54, 1.807) is 0 Å². The summed E-state index contributed by atoms with van der Waals surface area (Å²) in [5.41, 5.74) is 5.37. The van der Waals surface area contributed by atoms with E-state index in [1.165, 1.54) is 231 Å². The molecule has 0 aliphatic carbocycles. The zero-order valence-electron chi connectivity index (χ0n) is 47.7. The molecule has 3 N–H and O–H groups in total. The lowest BCUT2D eigenvalue weighted by Gasteiger charge is -2.19. The van der Waals surface area contributed by atoms with Crippen molar-refractivity contribution in [1.82, 2.24) is 0 Å². The third-order valence-electron chi connectivity index (χ3n) is 14.1. The Hall–Kier alpha value is -1.51. The Bertz CT molecular complexity index is 1230. The Balaban J connectivity index is 3.72. The number of ether oxygens (including phenoxy) is 2. The highest BCUT2D eigenvalue weighted by Crippen LogP contribution is 2.43. The highest BCUT2D eigenvalue weighted by atomic mass is 31.2. The first-order valence-electron chi connectivity index (χ1n) is 31.3. The highest BCUT2D eigenvalue weighted by Gasteiger charge is 2.26. The molecule has 0 aromatic heterocycles. The molecule has 0 rings (SSSR count). The summed E-state index contributed by atoms with van der Waals surface area (Å²) in [4.78, 5) is 35.1. The van der Waals surface area contributed by atoms with Crippen LogP contribution < -0.4 is 5.73 Å². The molecule has 0 bridgehead atoms. The zero-order chi connectivity index (χ0) is 52.4. The van der Waals surface area contributed by atoms with Crippen molar-refractivity contribution in [3.63, 3.8) is 0 Å². The lowest BCUT2D eigenvalue weighted by molar-refractivity contribution is -0.161. The van der Waals surface area contributed by atoms with E-state index < -0.39 is 26.5 Å². The summed E-state index contributed by atoms with van der Waals surface area (Å²) in [6.45, 7) is 3.73. The average Bonchev–Trinajstić information content (AvgIpc) is 3.37. The normalized spacial score (nSPS) is 13.1. The van der Waals surface area contributed by atoms with Gasteiger partial charge in [-0.15, -0.1) is 0 Å². The van der Waals surface area contributed by atoms with Gasteiger partial charge in [-0.3, -0.25) is 18.6 Å². The molecule has 0 amide bonds. The third-order valence-corrected chi connectivity index (χ3v) is 15.1. The Morgan fingerprint density at radius 1 is 0.417 bits per heavy atom. The SMILES string of the molecule is CCCC/C=C\C/C=C\CCCCCCCC(=O)OC(COC(=O)CCCCCCCCCCCCCCCCCCCCCCCCCCCCCCCCCCCCCCC)COP(=O)(O)OCCN. The van der Waals surface area contributed by atoms with Crippen LogP contribution in [0.5, 0.6) is 0 Å². The van der Waals surface area contributed by atoms with Crippen molar-refractivity contribution < 1.29 is 37.6 Å². The molecule has 10 heteroatoms. The van der Waals surface area contributed by atoms with E-state index in [1.807, 2.05) is 0 Å². The number of nitrogens with two attached hydrogens (primary N) is 1. The number of carbonyl (C=O) groups is 2. The molecule has 0 spiro atoms. The van der Waals surface area contributed by atoms with E-state index in [9.17, 15) is 19.0 Å². The molecule has 426 valence electrons. The van der Waals surface area contributed by atoms with Crippen LogP contribution in [0.2, 0.25) is 0 Å². The number of phosphoric acid groups is 1. The molecule has 72 heavy (non-hydrogen) atoms. The van der Waals surface area contributed by atoms with Crippen molar-refractivity contribution in [2.75, 3.05) is 26.4 Å². The second-order valence-electron chi connectivity index (χ2n) is 21.3. The van der Waals surface area contributed by atoms with Crippen molar-refractivity contribution >= 4 is 19.8 Å². The Morgan fingerprint density at radius 2 is 0.736 bits per heavy atom. The van der Waals surface area contributed by atoms with Crippen LogP contribution in [0.3, 0.4) is 0 Å². The van der Waals surface area contributed by atoms with Gasteiger partial charge >= 0.3 is 19.8 Å². The summed E-state index contributed by atoms with van der Waals surface area (Å²) in [6.07, 6.45) is 70.0. The standard InChI is InChI=1S/C62H120NO8P/c1-3-5-7-9-11-13-15-17-19-20-21-22-23-24-25-26-27-28-29-30-31-32-33-34-35-36-37-38-39-40-41-43-44-46-48-50-52-54-61(64)68-58-60(59-70-72(66,67)69-57-56-63)71-62(65)55-53-51-49-47-45-42-18-16-14-12-10-8-6-4-2/h10,12,16,18,60H,3-9,11,13-15,17,19-59,63H2,1-2H3,(H,66,67)/b12-10-,18-16-. The predicted molar refractivity (Wildman–Crippen MR) is 307 cm³/mol. The van der Waals surface area contributed by atoms with Crippen LogP contribution in [-0.2, 0) is 32.7 Å². The highest BCUT2D eigenvalue weighted by molar-refractivity contribution is 7.47. The van der Waals surface area contributed by atoms with Gasteiger partial charge in [0.15, 0.2) is 6.10 Å². The summed E-state index contributed by atoms with van der Waals surface area (Å²) in [7, 11) is -4.39. The van der Waals surface area contributed by atoms with Gasteiger partial charge in [0.25, 0.3) is 0 Å². The molecule has 0 fully saturated rings. The molecule has 9 nitrogen and oxygen atoms in total. The van der Waals surface area contributed by atoms with Crippen molar-refractivity contribution in [3.05, 3.63) is 24.3 Å². The van der Waals surface area contributed by atoms with Gasteiger partial charge in [0.05, 0.1) is 13.2 Å². The zero-order valence-corrected chi connectivity index (χ0v) is 48.6. The Kier molecular flexibility index (Phi) is 57.5. The topological polar surface area (TPSA) is 134 Å². The summed E-state index contributed by atoms with van der Waals surface area (Å²) >= 11 is 0. The molecule has 0 aliphatic heterocycles. The summed E-state index contributed by atoms with van der Waals surface area (Å²) < 4.78 is 33.0. The predicted octanol–water partition coefficient (Wildman–Crippen LogP) is 19.8. The van der Waals surface area contributed by atoms with Gasteiger partial charge in [0.2, 0.25) is 0 Å². The first-order chi connectivity index (χ1) is 35.3. The largest absolute Gasteiger partial charge is 0.472 e. The van der Waals surface area contributed by atoms with Crippen LogP contribution in [-0.4, -0.2) is 49.3 Å². The van der Waals surface area contributed by atoms with Crippen molar-refractivity contribution in [3.8, 4) is 0 Å². The number of unbranched alkanes of at least 4 members (excludes halogenated alkanes) is 43. The van der Waals surface area contributed by atoms with Crippen LogP contribution in [0.15, 0.2) is 24.3 Å². The molecular formula is C62H120NO8P. The number of hydrogen-bond acceptors (Lipinski definition) is 8. The van der Waals surface area contributed by atoms with E-state index in [-0.39, 0.29) is 38.6 Å². The molecular weight excluding hydrogens is 918 g/mol. The number of allylic oxidation sites excluding steroid dienone is 4. The summed E-state index contributed by atoms with van der Waals surface area (Å²) in [6, 6.07) is 0. The molecule has 0 heterocycles. The van der Waals surface area contributed by atoms with E-state index >= 15 is 0 Å². The average molecular weight is 1040 g/mol.